The van der Waals surface area contributed by atoms with E-state index in [9.17, 15) is 4.21 Å². The van der Waals surface area contributed by atoms with Gasteiger partial charge in [0, 0.05) is 11.9 Å². The van der Waals surface area contributed by atoms with Crippen molar-refractivity contribution < 1.29 is 4.21 Å². The SMILES string of the molecule is N#CC(N)c1cc(NS(=O)C2CC2)ccn1. The van der Waals surface area contributed by atoms with Gasteiger partial charge in [-0.3, -0.25) is 4.98 Å². The Morgan fingerprint density at radius 1 is 1.69 bits per heavy atom. The molecule has 0 bridgehead atoms. The zero-order valence-corrected chi connectivity index (χ0v) is 9.41. The minimum Gasteiger partial charge on any atom is -0.311 e. The van der Waals surface area contributed by atoms with E-state index in [1.807, 2.05) is 6.07 Å². The van der Waals surface area contributed by atoms with E-state index in [1.54, 1.807) is 18.3 Å². The van der Waals surface area contributed by atoms with E-state index in [0.29, 0.717) is 11.4 Å². The summed E-state index contributed by atoms with van der Waals surface area (Å²) in [6, 6.07) is 4.55. The van der Waals surface area contributed by atoms with Crippen LogP contribution in [0.1, 0.15) is 24.6 Å². The maximum absolute atomic E-state index is 11.6. The molecule has 0 aliphatic heterocycles. The summed E-state index contributed by atoms with van der Waals surface area (Å²) in [4.78, 5) is 3.99. The molecule has 0 spiro atoms. The third-order valence-corrected chi connectivity index (χ3v) is 3.80. The molecule has 0 saturated heterocycles. The number of pyridine rings is 1. The number of nitrogens with one attached hydrogen (secondary N) is 1. The zero-order valence-electron chi connectivity index (χ0n) is 8.59. The van der Waals surface area contributed by atoms with E-state index in [4.69, 9.17) is 11.0 Å². The quantitative estimate of drug-likeness (QED) is 0.810. The van der Waals surface area contributed by atoms with Crippen LogP contribution in [0.5, 0.6) is 0 Å². The summed E-state index contributed by atoms with van der Waals surface area (Å²) in [6.07, 6.45) is 3.57. The monoisotopic (exact) mass is 236 g/mol. The Kier molecular flexibility index (Phi) is 3.17. The largest absolute Gasteiger partial charge is 0.311 e. The van der Waals surface area contributed by atoms with Crippen LogP contribution in [0.4, 0.5) is 5.69 Å². The smallest absolute Gasteiger partial charge is 0.136 e. The summed E-state index contributed by atoms with van der Waals surface area (Å²) in [5.41, 5.74) is 6.72. The maximum Gasteiger partial charge on any atom is 0.136 e. The number of nitrogens with zero attached hydrogens (tertiary/aromatic N) is 2. The third-order valence-electron chi connectivity index (χ3n) is 2.28. The number of rotatable bonds is 4. The van der Waals surface area contributed by atoms with Gasteiger partial charge in [0.15, 0.2) is 0 Å². The molecule has 0 amide bonds. The van der Waals surface area contributed by atoms with Gasteiger partial charge in [-0.25, -0.2) is 4.21 Å². The fourth-order valence-corrected chi connectivity index (χ4v) is 2.32. The molecular formula is C10H12N4OS. The number of aromatic nitrogens is 1. The number of nitrogens with two attached hydrogens (primary N) is 1. The molecule has 84 valence electrons. The van der Waals surface area contributed by atoms with Crippen molar-refractivity contribution in [3.8, 4) is 6.07 Å². The Morgan fingerprint density at radius 3 is 3.06 bits per heavy atom. The van der Waals surface area contributed by atoms with Crippen molar-refractivity contribution in [1.82, 2.24) is 4.98 Å². The van der Waals surface area contributed by atoms with E-state index >= 15 is 0 Å². The van der Waals surface area contributed by atoms with Crippen LogP contribution in [0.2, 0.25) is 0 Å². The van der Waals surface area contributed by atoms with Crippen LogP contribution >= 0.6 is 0 Å². The van der Waals surface area contributed by atoms with E-state index in [-0.39, 0.29) is 5.25 Å². The van der Waals surface area contributed by atoms with Gasteiger partial charge in [-0.1, -0.05) is 0 Å². The summed E-state index contributed by atoms with van der Waals surface area (Å²) in [5.74, 6) is 0. The number of nitriles is 1. The van der Waals surface area contributed by atoms with Gasteiger partial charge in [-0.2, -0.15) is 5.26 Å². The molecule has 0 aromatic carbocycles. The van der Waals surface area contributed by atoms with E-state index in [2.05, 4.69) is 9.71 Å². The van der Waals surface area contributed by atoms with Crippen LogP contribution in [-0.4, -0.2) is 14.4 Å². The fourth-order valence-electron chi connectivity index (χ4n) is 1.23. The number of hydrogen-bond acceptors (Lipinski definition) is 4. The lowest BCUT2D eigenvalue weighted by molar-refractivity contribution is 0.685. The molecule has 1 aromatic heterocycles. The van der Waals surface area contributed by atoms with Gasteiger partial charge in [-0.05, 0) is 25.0 Å². The van der Waals surface area contributed by atoms with Gasteiger partial charge in [0.05, 0.1) is 17.0 Å². The van der Waals surface area contributed by atoms with Crippen molar-refractivity contribution in [3.63, 3.8) is 0 Å². The first kappa shape index (κ1) is 11.0. The van der Waals surface area contributed by atoms with Crippen molar-refractivity contribution in [2.24, 2.45) is 5.73 Å². The Bertz CT molecular complexity index is 452. The first-order valence-electron chi connectivity index (χ1n) is 4.99. The first-order valence-corrected chi connectivity index (χ1v) is 6.20. The molecule has 1 aromatic rings. The van der Waals surface area contributed by atoms with Gasteiger partial charge in [0.1, 0.15) is 17.0 Å². The number of hydrogen-bond donors (Lipinski definition) is 2. The van der Waals surface area contributed by atoms with Crippen LogP contribution in [-0.2, 0) is 11.0 Å². The highest BCUT2D eigenvalue weighted by atomic mass is 32.2. The molecule has 1 heterocycles. The summed E-state index contributed by atoms with van der Waals surface area (Å²) < 4.78 is 14.5. The Hall–Kier alpha value is -1.45. The standard InChI is InChI=1S/C10H12N4OS/c11-6-9(12)10-5-7(3-4-13-10)14-16(15)8-1-2-8/h3-5,8-9H,1-2,12H2,(H,13,14). The van der Waals surface area contributed by atoms with Crippen LogP contribution in [0.3, 0.4) is 0 Å². The van der Waals surface area contributed by atoms with E-state index in [1.165, 1.54) is 0 Å². The highest BCUT2D eigenvalue weighted by molar-refractivity contribution is 7.87. The highest BCUT2D eigenvalue weighted by Crippen LogP contribution is 2.27. The zero-order chi connectivity index (χ0) is 11.5. The lowest BCUT2D eigenvalue weighted by atomic mass is 10.2. The molecule has 2 rings (SSSR count). The van der Waals surface area contributed by atoms with Gasteiger partial charge in [-0.15, -0.1) is 0 Å². The Labute approximate surface area is 96.3 Å². The molecule has 6 heteroatoms. The van der Waals surface area contributed by atoms with Crippen molar-refractivity contribution >= 4 is 16.7 Å². The highest BCUT2D eigenvalue weighted by Gasteiger charge is 2.28. The van der Waals surface area contributed by atoms with Crippen molar-refractivity contribution in [2.45, 2.75) is 24.1 Å². The van der Waals surface area contributed by atoms with Crippen molar-refractivity contribution in [3.05, 3.63) is 24.0 Å². The van der Waals surface area contributed by atoms with Crippen molar-refractivity contribution in [2.75, 3.05) is 4.72 Å². The second kappa shape index (κ2) is 4.60. The molecule has 1 fully saturated rings. The van der Waals surface area contributed by atoms with Gasteiger partial charge < -0.3 is 10.5 Å². The Balaban J connectivity index is 2.09. The number of anilines is 1. The normalized spacial score (nSPS) is 18.5. The predicted octanol–water partition coefficient (Wildman–Crippen LogP) is 0.843. The first-order chi connectivity index (χ1) is 7.70. The van der Waals surface area contributed by atoms with Crippen LogP contribution in [0, 0.1) is 11.3 Å². The van der Waals surface area contributed by atoms with Crippen LogP contribution < -0.4 is 10.5 Å². The molecule has 5 nitrogen and oxygen atoms in total. The minimum atomic E-state index is -1.04. The minimum absolute atomic E-state index is 0.265. The molecule has 1 aliphatic carbocycles. The average molecular weight is 236 g/mol. The van der Waals surface area contributed by atoms with Crippen LogP contribution in [0.15, 0.2) is 18.3 Å². The molecule has 0 radical (unpaired) electrons. The van der Waals surface area contributed by atoms with Crippen molar-refractivity contribution in [1.29, 1.82) is 5.26 Å². The van der Waals surface area contributed by atoms with Gasteiger partial charge >= 0.3 is 0 Å². The predicted molar refractivity (Wildman–Crippen MR) is 61.6 cm³/mol. The fraction of sp³-hybridized carbons (Fsp3) is 0.400. The molecule has 3 N–H and O–H groups in total. The van der Waals surface area contributed by atoms with Gasteiger partial charge in [0.25, 0.3) is 0 Å². The third kappa shape index (κ3) is 2.56. The Morgan fingerprint density at radius 2 is 2.44 bits per heavy atom. The van der Waals surface area contributed by atoms with Crippen LogP contribution in [0.25, 0.3) is 0 Å². The molecule has 2 unspecified atom stereocenters. The molecular weight excluding hydrogens is 224 g/mol. The summed E-state index contributed by atoms with van der Waals surface area (Å²) >= 11 is 0. The van der Waals surface area contributed by atoms with E-state index in [0.717, 1.165) is 12.8 Å². The topological polar surface area (TPSA) is 91.8 Å². The average Bonchev–Trinajstić information content (AvgIpc) is 3.12. The second-order valence-corrected chi connectivity index (χ2v) is 5.14. The summed E-state index contributed by atoms with van der Waals surface area (Å²) in [6.45, 7) is 0. The molecule has 2 atom stereocenters. The second-order valence-electron chi connectivity index (χ2n) is 3.67. The molecule has 1 saturated carbocycles. The molecule has 16 heavy (non-hydrogen) atoms. The summed E-state index contributed by atoms with van der Waals surface area (Å²) in [5, 5.41) is 8.93. The lowest BCUT2D eigenvalue weighted by Crippen LogP contribution is -2.12. The lowest BCUT2D eigenvalue weighted by Gasteiger charge is -2.07. The maximum atomic E-state index is 11.6. The molecule has 1 aliphatic rings. The van der Waals surface area contributed by atoms with E-state index < -0.39 is 17.0 Å². The van der Waals surface area contributed by atoms with Gasteiger partial charge in [0.2, 0.25) is 0 Å². The summed E-state index contributed by atoms with van der Waals surface area (Å²) in [7, 11) is -1.04.